The first kappa shape index (κ1) is 3.46. The third-order valence-corrected chi connectivity index (χ3v) is 0.522. The van der Waals surface area contributed by atoms with Crippen molar-refractivity contribution in [2.24, 2.45) is 0 Å². The number of aromatic nitrogens is 2. The topological polar surface area (TPSA) is 28.7 Å². The average molecular weight is 77.9 g/mol. The van der Waals surface area contributed by atoms with Crippen molar-refractivity contribution in [3.05, 3.63) is 12.3 Å². The highest BCUT2D eigenvalue weighted by molar-refractivity contribution is 6.30. The first-order valence-electron chi connectivity index (χ1n) is 1.65. The van der Waals surface area contributed by atoms with E-state index < -0.39 is 0 Å². The molecule has 0 unspecified atom stereocenters. The molecule has 1 rings (SSSR count). The zero-order valence-electron chi connectivity index (χ0n) is 3.18. The monoisotopic (exact) mass is 78.0 g/mol. The first-order chi connectivity index (χ1) is 2.89. The minimum Gasteiger partial charge on any atom is -0.286 e. The van der Waals surface area contributed by atoms with Crippen LogP contribution in [0, 0.1) is 0 Å². The second-order valence-corrected chi connectivity index (χ2v) is 0.999. The lowest BCUT2D eigenvalue weighted by Crippen LogP contribution is -2.00. The van der Waals surface area contributed by atoms with Gasteiger partial charge >= 0.3 is 0 Å². The minimum atomic E-state index is 0.537. The number of rotatable bonds is 0. The molecule has 1 aromatic heterocycles. The zero-order chi connectivity index (χ0) is 4.41. The molecule has 0 bridgehead atoms. The predicted octanol–water partition coefficient (Wildman–Crippen LogP) is -0.797. The van der Waals surface area contributed by atoms with Crippen LogP contribution in [0.3, 0.4) is 0 Å². The highest BCUT2D eigenvalue weighted by Crippen LogP contribution is 1.60. The van der Waals surface area contributed by atoms with Crippen molar-refractivity contribution in [1.82, 2.24) is 10.2 Å². The van der Waals surface area contributed by atoms with Gasteiger partial charge in [0.2, 0.25) is 0 Å². The maximum Gasteiger partial charge on any atom is 0.144 e. The van der Waals surface area contributed by atoms with E-state index in [-0.39, 0.29) is 0 Å². The van der Waals surface area contributed by atoms with Gasteiger partial charge in [0, 0.05) is 11.8 Å². The molecule has 0 aliphatic heterocycles. The Labute approximate surface area is 37.0 Å². The van der Waals surface area contributed by atoms with Gasteiger partial charge in [0.15, 0.2) is 0 Å². The summed E-state index contributed by atoms with van der Waals surface area (Å²) in [5.41, 5.74) is 0.537. The number of nitrogens with one attached hydrogen (secondary N) is 1. The van der Waals surface area contributed by atoms with Crippen LogP contribution in [-0.2, 0) is 0 Å². The summed E-state index contributed by atoms with van der Waals surface area (Å²) in [6, 6.07) is 1.69. The van der Waals surface area contributed by atoms with Crippen molar-refractivity contribution in [3.8, 4) is 0 Å². The molecule has 0 saturated carbocycles. The smallest absolute Gasteiger partial charge is 0.144 e. The van der Waals surface area contributed by atoms with Crippen LogP contribution in [0.25, 0.3) is 0 Å². The van der Waals surface area contributed by atoms with Gasteiger partial charge in [-0.25, -0.2) is 0 Å². The van der Waals surface area contributed by atoms with Crippen molar-refractivity contribution >= 4 is 13.4 Å². The van der Waals surface area contributed by atoms with Crippen LogP contribution in [0.1, 0.15) is 0 Å². The number of hydrogen-bond donors (Lipinski definition) is 1. The van der Waals surface area contributed by atoms with Crippen LogP contribution >= 0.6 is 0 Å². The van der Waals surface area contributed by atoms with Crippen molar-refractivity contribution in [1.29, 1.82) is 0 Å². The molecule has 0 atom stereocenters. The van der Waals surface area contributed by atoms with E-state index in [0.29, 0.717) is 5.59 Å². The van der Waals surface area contributed by atoms with E-state index in [1.165, 1.54) is 0 Å². The Morgan fingerprint density at radius 2 is 2.67 bits per heavy atom. The summed E-state index contributed by atoms with van der Waals surface area (Å²) < 4.78 is 0. The molecule has 0 amide bonds. The molecule has 0 aliphatic rings. The Hall–Kier alpha value is -0.725. The average Bonchev–Trinajstić information content (AvgIpc) is 1.86. The molecule has 3 heteroatoms. The Bertz CT molecular complexity index is 112. The summed E-state index contributed by atoms with van der Waals surface area (Å²) in [7, 11) is 5.14. The van der Waals surface area contributed by atoms with Gasteiger partial charge in [0.1, 0.15) is 7.85 Å². The summed E-state index contributed by atoms with van der Waals surface area (Å²) in [5, 5.41) is 6.12. The molecule has 1 heterocycles. The molecule has 2 nitrogen and oxygen atoms in total. The van der Waals surface area contributed by atoms with Gasteiger partial charge in [-0.3, -0.25) is 5.10 Å². The first-order valence-corrected chi connectivity index (χ1v) is 1.65. The summed E-state index contributed by atoms with van der Waals surface area (Å²) in [4.78, 5) is 0. The number of H-pyrrole nitrogens is 1. The van der Waals surface area contributed by atoms with Gasteiger partial charge in [-0.1, -0.05) is 0 Å². The van der Waals surface area contributed by atoms with Gasteiger partial charge in [-0.15, -0.1) is 0 Å². The highest BCUT2D eigenvalue weighted by atomic mass is 15.1. The molecular weight excluding hydrogens is 74.9 g/mol. The van der Waals surface area contributed by atoms with Crippen molar-refractivity contribution in [3.63, 3.8) is 0 Å². The summed E-state index contributed by atoms with van der Waals surface area (Å²) in [5.74, 6) is 0. The molecule has 2 radical (unpaired) electrons. The van der Waals surface area contributed by atoms with Gasteiger partial charge < -0.3 is 0 Å². The third-order valence-electron chi connectivity index (χ3n) is 0.522. The van der Waals surface area contributed by atoms with Gasteiger partial charge in [-0.05, 0) is 6.07 Å². The van der Waals surface area contributed by atoms with E-state index in [0.717, 1.165) is 0 Å². The van der Waals surface area contributed by atoms with Gasteiger partial charge in [0.25, 0.3) is 0 Å². The largest absolute Gasteiger partial charge is 0.286 e. The summed E-state index contributed by atoms with van der Waals surface area (Å²) in [6.07, 6.45) is 1.68. The summed E-state index contributed by atoms with van der Waals surface area (Å²) in [6.45, 7) is 0. The van der Waals surface area contributed by atoms with E-state index in [2.05, 4.69) is 10.2 Å². The molecule has 0 aromatic carbocycles. The fraction of sp³-hybridized carbons (Fsp3) is 0. The van der Waals surface area contributed by atoms with Crippen LogP contribution in [0.5, 0.6) is 0 Å². The molecule has 0 saturated heterocycles. The lowest BCUT2D eigenvalue weighted by atomic mass is 10.1. The van der Waals surface area contributed by atoms with E-state index in [4.69, 9.17) is 7.85 Å². The second-order valence-electron chi connectivity index (χ2n) is 0.999. The number of hydrogen-bond acceptors (Lipinski definition) is 1. The molecule has 0 spiro atoms. The van der Waals surface area contributed by atoms with E-state index in [9.17, 15) is 0 Å². The third kappa shape index (κ3) is 0.430. The molecule has 1 N–H and O–H groups in total. The lowest BCUT2D eigenvalue weighted by Gasteiger charge is -1.65. The molecule has 1 aromatic rings. The molecule has 0 aliphatic carbocycles. The Morgan fingerprint density at radius 1 is 1.83 bits per heavy atom. The van der Waals surface area contributed by atoms with Crippen molar-refractivity contribution in [2.45, 2.75) is 0 Å². The van der Waals surface area contributed by atoms with Gasteiger partial charge in [-0.2, -0.15) is 5.10 Å². The molecule has 6 heavy (non-hydrogen) atoms. The molecule has 0 fully saturated rings. The van der Waals surface area contributed by atoms with Crippen LogP contribution < -0.4 is 5.59 Å². The van der Waals surface area contributed by atoms with Crippen LogP contribution in [0.2, 0.25) is 0 Å². The number of aromatic amines is 1. The Kier molecular flexibility index (Phi) is 0.672. The Morgan fingerprint density at radius 3 is 2.83 bits per heavy atom. The van der Waals surface area contributed by atoms with Gasteiger partial charge in [0.05, 0.1) is 0 Å². The highest BCUT2D eigenvalue weighted by Gasteiger charge is 1.74. The lowest BCUT2D eigenvalue weighted by molar-refractivity contribution is 1.11. The fourth-order valence-electron chi connectivity index (χ4n) is 0.272. The summed E-state index contributed by atoms with van der Waals surface area (Å²) >= 11 is 0. The number of nitrogens with zero attached hydrogens (tertiary/aromatic N) is 1. The quantitative estimate of drug-likeness (QED) is 0.404. The normalized spacial score (nSPS) is 8.67. The van der Waals surface area contributed by atoms with Crippen LogP contribution in [0.15, 0.2) is 12.3 Å². The predicted molar refractivity (Wildman–Crippen MR) is 24.0 cm³/mol. The van der Waals surface area contributed by atoms with E-state index in [1.807, 2.05) is 0 Å². The second kappa shape index (κ2) is 1.16. The van der Waals surface area contributed by atoms with Crippen LogP contribution in [-0.4, -0.2) is 18.0 Å². The van der Waals surface area contributed by atoms with E-state index >= 15 is 0 Å². The van der Waals surface area contributed by atoms with E-state index in [1.54, 1.807) is 12.3 Å². The standard InChI is InChI=1S/C3H3BN2/c4-3-1-2-5-6-3/h1-2H,(H,5,6). The maximum absolute atomic E-state index is 5.14. The van der Waals surface area contributed by atoms with Crippen molar-refractivity contribution < 1.29 is 0 Å². The van der Waals surface area contributed by atoms with Crippen LogP contribution in [0.4, 0.5) is 0 Å². The minimum absolute atomic E-state index is 0.537. The van der Waals surface area contributed by atoms with Crippen molar-refractivity contribution in [2.75, 3.05) is 0 Å². The fourth-order valence-corrected chi connectivity index (χ4v) is 0.272. The Balaban J connectivity index is 3.05. The SMILES string of the molecule is [B]c1cc[nH]n1. The molecule has 28 valence electrons. The zero-order valence-corrected chi connectivity index (χ0v) is 3.18. The maximum atomic E-state index is 5.14. The molecular formula is C3H3BN2.